The number of rotatable bonds is 6. The first-order valence-corrected chi connectivity index (χ1v) is 3.91. The third-order valence-corrected chi connectivity index (χ3v) is 1.59. The zero-order valence-electron chi connectivity index (χ0n) is 7.69. The molecule has 4 nitrogen and oxygen atoms in total. The lowest BCUT2D eigenvalue weighted by Gasteiger charge is -2.04. The molecule has 4 heteroatoms. The molecule has 0 fully saturated rings. The first-order valence-electron chi connectivity index (χ1n) is 3.91. The Kier molecular flexibility index (Phi) is 4.99. The molecule has 0 aromatic carbocycles. The van der Waals surface area contributed by atoms with E-state index in [0.717, 1.165) is 0 Å². The molecular weight excluding hydrogens is 184 g/mol. The van der Waals surface area contributed by atoms with Crippen molar-refractivity contribution in [2.45, 2.75) is 12.8 Å². The smallest absolute Gasteiger partial charge is 0.307 e. The third kappa shape index (κ3) is 4.25. The predicted molar refractivity (Wildman–Crippen MR) is 51.9 cm³/mol. The SMILES string of the molecule is C=CC(CC(=O)O)=C(C=C)CC(=O)O. The summed E-state index contributed by atoms with van der Waals surface area (Å²) >= 11 is 0. The summed E-state index contributed by atoms with van der Waals surface area (Å²) in [7, 11) is 0. The Morgan fingerprint density at radius 3 is 1.36 bits per heavy atom. The second kappa shape index (κ2) is 5.75. The number of hydrogen-bond donors (Lipinski definition) is 2. The van der Waals surface area contributed by atoms with E-state index in [1.54, 1.807) is 0 Å². The molecule has 0 spiro atoms. The summed E-state index contributed by atoms with van der Waals surface area (Å²) in [5.74, 6) is -2.05. The molecule has 0 aliphatic rings. The maximum atomic E-state index is 10.4. The molecule has 0 heterocycles. The van der Waals surface area contributed by atoms with Crippen LogP contribution >= 0.6 is 0 Å². The average Bonchev–Trinajstić information content (AvgIpc) is 2.10. The summed E-state index contributed by atoms with van der Waals surface area (Å²) in [6, 6.07) is 0. The quantitative estimate of drug-likeness (QED) is 0.633. The average molecular weight is 196 g/mol. The molecule has 0 aliphatic heterocycles. The molecule has 0 aromatic heterocycles. The van der Waals surface area contributed by atoms with Crippen molar-refractivity contribution in [3.8, 4) is 0 Å². The third-order valence-electron chi connectivity index (χ3n) is 1.59. The Morgan fingerprint density at radius 1 is 0.929 bits per heavy atom. The van der Waals surface area contributed by atoms with E-state index in [9.17, 15) is 9.59 Å². The number of carboxylic acids is 2. The maximum Gasteiger partial charge on any atom is 0.307 e. The van der Waals surface area contributed by atoms with Crippen LogP contribution in [0, 0.1) is 0 Å². The van der Waals surface area contributed by atoms with Crippen molar-refractivity contribution in [2.75, 3.05) is 0 Å². The van der Waals surface area contributed by atoms with Gasteiger partial charge in [-0.25, -0.2) is 0 Å². The van der Waals surface area contributed by atoms with Gasteiger partial charge >= 0.3 is 11.9 Å². The van der Waals surface area contributed by atoms with Gasteiger partial charge in [0.1, 0.15) is 0 Å². The molecule has 0 saturated carbocycles. The lowest BCUT2D eigenvalue weighted by Crippen LogP contribution is -2.02. The molecule has 0 atom stereocenters. The van der Waals surface area contributed by atoms with Crippen LogP contribution in [0.3, 0.4) is 0 Å². The van der Waals surface area contributed by atoms with Crippen LogP contribution in [0.5, 0.6) is 0 Å². The summed E-state index contributed by atoms with van der Waals surface area (Å²) in [6.07, 6.45) is 2.21. The van der Waals surface area contributed by atoms with E-state index in [-0.39, 0.29) is 12.8 Å². The van der Waals surface area contributed by atoms with Crippen molar-refractivity contribution in [3.05, 3.63) is 36.5 Å². The van der Waals surface area contributed by atoms with Crippen LogP contribution in [0.15, 0.2) is 36.5 Å². The first-order chi connectivity index (χ1) is 6.51. The molecule has 0 radical (unpaired) electrons. The summed E-state index contributed by atoms with van der Waals surface area (Å²) in [4.78, 5) is 20.8. The van der Waals surface area contributed by atoms with Crippen LogP contribution in [0.2, 0.25) is 0 Å². The predicted octanol–water partition coefficient (Wildman–Crippen LogP) is 1.60. The normalized spacial score (nSPS) is 11.4. The molecule has 0 aliphatic carbocycles. The number of hydrogen-bond acceptors (Lipinski definition) is 2. The number of allylic oxidation sites excluding steroid dienone is 2. The highest BCUT2D eigenvalue weighted by atomic mass is 16.4. The van der Waals surface area contributed by atoms with Crippen molar-refractivity contribution < 1.29 is 19.8 Å². The minimum Gasteiger partial charge on any atom is -0.481 e. The Bertz CT molecular complexity index is 269. The van der Waals surface area contributed by atoms with Crippen LogP contribution in [0.1, 0.15) is 12.8 Å². The molecule has 0 amide bonds. The van der Waals surface area contributed by atoms with Crippen LogP contribution in [-0.2, 0) is 9.59 Å². The number of carboxylic acid groups (broad SMARTS) is 2. The second-order valence-electron chi connectivity index (χ2n) is 2.60. The van der Waals surface area contributed by atoms with Crippen molar-refractivity contribution in [2.24, 2.45) is 0 Å². The van der Waals surface area contributed by atoms with E-state index in [4.69, 9.17) is 10.2 Å². The lowest BCUT2D eigenvalue weighted by molar-refractivity contribution is -0.137. The maximum absolute atomic E-state index is 10.4. The number of aliphatic carboxylic acids is 2. The Balaban J connectivity index is 4.90. The molecule has 0 aromatic rings. The fraction of sp³-hybridized carbons (Fsp3) is 0.200. The van der Waals surface area contributed by atoms with Crippen molar-refractivity contribution in [3.63, 3.8) is 0 Å². The molecule has 2 N–H and O–H groups in total. The van der Waals surface area contributed by atoms with Crippen molar-refractivity contribution in [1.29, 1.82) is 0 Å². The van der Waals surface area contributed by atoms with Gasteiger partial charge in [-0.05, 0) is 11.1 Å². The van der Waals surface area contributed by atoms with E-state index in [2.05, 4.69) is 13.2 Å². The second-order valence-corrected chi connectivity index (χ2v) is 2.60. The Labute approximate surface area is 81.9 Å². The van der Waals surface area contributed by atoms with E-state index >= 15 is 0 Å². The summed E-state index contributed by atoms with van der Waals surface area (Å²) < 4.78 is 0. The molecule has 0 rings (SSSR count). The molecular formula is C10H12O4. The fourth-order valence-corrected chi connectivity index (χ4v) is 0.959. The van der Waals surface area contributed by atoms with Gasteiger partial charge in [0.25, 0.3) is 0 Å². The van der Waals surface area contributed by atoms with Crippen LogP contribution in [0.25, 0.3) is 0 Å². The molecule has 76 valence electrons. The zero-order chi connectivity index (χ0) is 11.1. The zero-order valence-corrected chi connectivity index (χ0v) is 7.69. The van der Waals surface area contributed by atoms with Crippen LogP contribution in [0.4, 0.5) is 0 Å². The summed E-state index contributed by atoms with van der Waals surface area (Å²) in [5.41, 5.74) is 0.768. The lowest BCUT2D eigenvalue weighted by atomic mass is 10.0. The highest BCUT2D eigenvalue weighted by Gasteiger charge is 2.08. The monoisotopic (exact) mass is 196 g/mol. The van der Waals surface area contributed by atoms with E-state index in [1.807, 2.05) is 0 Å². The minimum atomic E-state index is -1.02. The molecule has 0 saturated heterocycles. The largest absolute Gasteiger partial charge is 0.481 e. The van der Waals surface area contributed by atoms with Gasteiger partial charge in [-0.3, -0.25) is 9.59 Å². The fourth-order valence-electron chi connectivity index (χ4n) is 0.959. The van der Waals surface area contributed by atoms with Gasteiger partial charge < -0.3 is 10.2 Å². The van der Waals surface area contributed by atoms with Gasteiger partial charge in [0.05, 0.1) is 12.8 Å². The standard InChI is InChI=1S/C10H12O4/c1-3-7(5-9(11)12)8(4-2)6-10(13)14/h3-4H,1-2,5-6H2,(H,11,12)(H,13,14). The van der Waals surface area contributed by atoms with E-state index < -0.39 is 11.9 Å². The topological polar surface area (TPSA) is 74.6 Å². The summed E-state index contributed by atoms with van der Waals surface area (Å²) in [5, 5.41) is 17.1. The molecule has 0 unspecified atom stereocenters. The summed E-state index contributed by atoms with van der Waals surface area (Å²) in [6.45, 7) is 6.86. The van der Waals surface area contributed by atoms with Gasteiger partial charge in [-0.2, -0.15) is 0 Å². The minimum absolute atomic E-state index is 0.238. The van der Waals surface area contributed by atoms with Gasteiger partial charge in [0, 0.05) is 0 Å². The van der Waals surface area contributed by atoms with Crippen LogP contribution in [-0.4, -0.2) is 22.2 Å². The number of carbonyl (C=O) groups is 2. The highest BCUT2D eigenvalue weighted by Crippen LogP contribution is 2.14. The van der Waals surface area contributed by atoms with E-state index in [1.165, 1.54) is 12.2 Å². The van der Waals surface area contributed by atoms with E-state index in [0.29, 0.717) is 11.1 Å². The molecule has 0 bridgehead atoms. The first kappa shape index (κ1) is 12.2. The molecule has 14 heavy (non-hydrogen) atoms. The van der Waals surface area contributed by atoms with Crippen molar-refractivity contribution >= 4 is 11.9 Å². The van der Waals surface area contributed by atoms with Crippen molar-refractivity contribution in [1.82, 2.24) is 0 Å². The van der Waals surface area contributed by atoms with Gasteiger partial charge in [-0.1, -0.05) is 25.3 Å². The van der Waals surface area contributed by atoms with Crippen LogP contribution < -0.4 is 0 Å². The Hall–Kier alpha value is -1.84. The Morgan fingerprint density at radius 2 is 1.21 bits per heavy atom. The van der Waals surface area contributed by atoms with Gasteiger partial charge in [0.15, 0.2) is 0 Å². The highest BCUT2D eigenvalue weighted by molar-refractivity contribution is 5.75. The van der Waals surface area contributed by atoms with Gasteiger partial charge in [-0.15, -0.1) is 0 Å². The van der Waals surface area contributed by atoms with Gasteiger partial charge in [0.2, 0.25) is 0 Å².